The summed E-state index contributed by atoms with van der Waals surface area (Å²) in [6, 6.07) is 3.83. The van der Waals surface area contributed by atoms with Gasteiger partial charge in [-0.1, -0.05) is 0 Å². The van der Waals surface area contributed by atoms with Crippen LogP contribution in [0.4, 0.5) is 18.9 Å². The molecular weight excluding hydrogens is 287 g/mol. The molecule has 1 aliphatic rings. The molecule has 0 saturated heterocycles. The topological polar surface area (TPSA) is 66.4 Å². The summed E-state index contributed by atoms with van der Waals surface area (Å²) in [5.74, 6) is -1.56. The Morgan fingerprint density at radius 1 is 1.14 bits per heavy atom. The van der Waals surface area contributed by atoms with Gasteiger partial charge >= 0.3 is 6.18 Å². The lowest BCUT2D eigenvalue weighted by atomic mass is 9.95. The van der Waals surface area contributed by atoms with Crippen LogP contribution in [0.1, 0.15) is 24.8 Å². The first-order chi connectivity index (χ1) is 9.79. The molecule has 7 heteroatoms. The summed E-state index contributed by atoms with van der Waals surface area (Å²) in [7, 11) is 0. The number of aliphatic hydroxyl groups excluding tert-OH is 1. The van der Waals surface area contributed by atoms with Crippen LogP contribution in [-0.2, 0) is 15.8 Å². The van der Waals surface area contributed by atoms with Gasteiger partial charge in [0.2, 0.25) is 0 Å². The number of benzene rings is 1. The van der Waals surface area contributed by atoms with Gasteiger partial charge in [-0.15, -0.1) is 0 Å². The normalized spacial score (nSPS) is 16.0. The highest BCUT2D eigenvalue weighted by atomic mass is 19.4. The number of aliphatic hydroxyl groups is 1. The van der Waals surface area contributed by atoms with E-state index in [1.165, 1.54) is 0 Å². The van der Waals surface area contributed by atoms with Gasteiger partial charge in [0.05, 0.1) is 5.56 Å². The third kappa shape index (κ3) is 3.42. The summed E-state index contributed by atoms with van der Waals surface area (Å²) in [5, 5.41) is 11.9. The van der Waals surface area contributed by atoms with Gasteiger partial charge in [-0.05, 0) is 30.7 Å². The summed E-state index contributed by atoms with van der Waals surface area (Å²) in [5.41, 5.74) is -1.04. The summed E-state index contributed by atoms with van der Waals surface area (Å²) in [6.45, 7) is 0. The van der Waals surface area contributed by atoms with Crippen LogP contribution in [0, 0.1) is 0 Å². The molecule has 0 aromatic heterocycles. The smallest absolute Gasteiger partial charge is 0.416 e. The lowest BCUT2D eigenvalue weighted by Crippen LogP contribution is -2.24. The molecule has 2 rings (SSSR count). The van der Waals surface area contributed by atoms with Crippen molar-refractivity contribution >= 4 is 17.4 Å². The molecule has 0 radical (unpaired) electrons. The first-order valence-corrected chi connectivity index (χ1v) is 6.23. The van der Waals surface area contributed by atoms with Gasteiger partial charge in [0.25, 0.3) is 5.91 Å². The van der Waals surface area contributed by atoms with E-state index in [4.69, 9.17) is 0 Å². The number of hydrogen-bond acceptors (Lipinski definition) is 3. The fraction of sp³-hybridized carbons (Fsp3) is 0.286. The number of ketones is 1. The largest absolute Gasteiger partial charge is 0.511 e. The highest BCUT2D eigenvalue weighted by molar-refractivity contribution is 6.24. The number of anilines is 1. The Morgan fingerprint density at radius 2 is 1.76 bits per heavy atom. The summed E-state index contributed by atoms with van der Waals surface area (Å²) in [4.78, 5) is 23.5. The lowest BCUT2D eigenvalue weighted by molar-refractivity contribution is -0.137. The number of alkyl halides is 3. The van der Waals surface area contributed by atoms with E-state index in [0.29, 0.717) is 6.42 Å². The molecule has 1 aromatic rings. The van der Waals surface area contributed by atoms with Gasteiger partial charge in [0.15, 0.2) is 5.78 Å². The van der Waals surface area contributed by atoms with E-state index in [0.717, 1.165) is 24.3 Å². The van der Waals surface area contributed by atoms with Crippen LogP contribution in [0.15, 0.2) is 35.6 Å². The van der Waals surface area contributed by atoms with E-state index >= 15 is 0 Å². The summed E-state index contributed by atoms with van der Waals surface area (Å²) < 4.78 is 37.2. The zero-order chi connectivity index (χ0) is 15.6. The van der Waals surface area contributed by atoms with Gasteiger partial charge in [-0.2, -0.15) is 13.2 Å². The molecule has 1 aliphatic carbocycles. The number of halogens is 3. The molecule has 0 fully saturated rings. The van der Waals surface area contributed by atoms with Crippen molar-refractivity contribution in [2.45, 2.75) is 25.4 Å². The zero-order valence-electron chi connectivity index (χ0n) is 10.8. The molecular formula is C14H12F3NO3. The van der Waals surface area contributed by atoms with E-state index in [1.807, 2.05) is 0 Å². The second-order valence-corrected chi connectivity index (χ2v) is 4.63. The van der Waals surface area contributed by atoms with Crippen LogP contribution in [0.5, 0.6) is 0 Å². The molecule has 0 heterocycles. The van der Waals surface area contributed by atoms with Crippen molar-refractivity contribution in [1.82, 2.24) is 0 Å². The zero-order valence-corrected chi connectivity index (χ0v) is 10.8. The van der Waals surface area contributed by atoms with Crippen molar-refractivity contribution in [3.8, 4) is 0 Å². The number of nitrogens with one attached hydrogen (secondary N) is 1. The maximum atomic E-state index is 12.4. The Balaban J connectivity index is 2.15. The number of allylic oxidation sites excluding steroid dienone is 1. The van der Waals surface area contributed by atoms with Gasteiger partial charge < -0.3 is 10.4 Å². The van der Waals surface area contributed by atoms with E-state index < -0.39 is 23.4 Å². The molecule has 0 atom stereocenters. The Morgan fingerprint density at radius 3 is 2.29 bits per heavy atom. The van der Waals surface area contributed by atoms with Crippen molar-refractivity contribution in [2.24, 2.45) is 0 Å². The van der Waals surface area contributed by atoms with Crippen molar-refractivity contribution in [3.63, 3.8) is 0 Å². The van der Waals surface area contributed by atoms with Crippen LogP contribution in [0.25, 0.3) is 0 Å². The predicted octanol–water partition coefficient (Wildman–Crippen LogP) is 3.21. The van der Waals surface area contributed by atoms with Crippen LogP contribution in [-0.4, -0.2) is 16.8 Å². The van der Waals surface area contributed by atoms with Crippen LogP contribution in [0.2, 0.25) is 0 Å². The molecule has 112 valence electrons. The lowest BCUT2D eigenvalue weighted by Gasteiger charge is -2.15. The Labute approximate surface area is 118 Å². The molecule has 0 spiro atoms. The number of hydrogen-bond donors (Lipinski definition) is 2. The van der Waals surface area contributed by atoms with Gasteiger partial charge in [-0.3, -0.25) is 9.59 Å². The summed E-state index contributed by atoms with van der Waals surface area (Å²) >= 11 is 0. The average Bonchev–Trinajstić information content (AvgIpc) is 2.38. The molecule has 0 unspecified atom stereocenters. The molecule has 4 nitrogen and oxygen atoms in total. The second-order valence-electron chi connectivity index (χ2n) is 4.63. The standard InChI is InChI=1S/C14H12F3NO3/c15-14(16,17)8-4-6-9(7-5-8)18-13(21)12-10(19)2-1-3-11(12)20/h4-7,19H,1-3H2,(H,18,21). The number of Topliss-reactive ketones (excluding diaryl/α,β-unsaturated/α-hetero) is 1. The molecule has 0 bridgehead atoms. The highest BCUT2D eigenvalue weighted by Gasteiger charge is 2.30. The second kappa shape index (κ2) is 5.59. The van der Waals surface area contributed by atoms with Crippen molar-refractivity contribution in [3.05, 3.63) is 41.2 Å². The number of amides is 1. The minimum Gasteiger partial charge on any atom is -0.511 e. The molecule has 0 saturated carbocycles. The first-order valence-electron chi connectivity index (χ1n) is 6.23. The highest BCUT2D eigenvalue weighted by Crippen LogP contribution is 2.30. The Kier molecular flexibility index (Phi) is 4.02. The van der Waals surface area contributed by atoms with Crippen LogP contribution >= 0.6 is 0 Å². The van der Waals surface area contributed by atoms with Crippen molar-refractivity contribution in [2.75, 3.05) is 5.32 Å². The van der Waals surface area contributed by atoms with E-state index in [-0.39, 0.29) is 29.9 Å². The third-order valence-electron chi connectivity index (χ3n) is 3.08. The maximum Gasteiger partial charge on any atom is 0.416 e. The average molecular weight is 299 g/mol. The van der Waals surface area contributed by atoms with Crippen LogP contribution < -0.4 is 5.32 Å². The Bertz CT molecular complexity index is 603. The minimum atomic E-state index is -4.46. The Hall–Kier alpha value is -2.31. The van der Waals surface area contributed by atoms with Gasteiger partial charge in [0, 0.05) is 18.5 Å². The van der Waals surface area contributed by atoms with E-state index in [2.05, 4.69) is 5.32 Å². The fourth-order valence-corrected chi connectivity index (χ4v) is 2.02. The molecule has 0 aliphatic heterocycles. The van der Waals surface area contributed by atoms with Crippen molar-refractivity contribution in [1.29, 1.82) is 0 Å². The first kappa shape index (κ1) is 15.1. The van der Waals surface area contributed by atoms with Crippen molar-refractivity contribution < 1.29 is 27.9 Å². The number of carbonyl (C=O) groups is 2. The summed E-state index contributed by atoms with van der Waals surface area (Å²) in [6.07, 6.45) is -3.58. The van der Waals surface area contributed by atoms with Crippen LogP contribution in [0.3, 0.4) is 0 Å². The van der Waals surface area contributed by atoms with Gasteiger partial charge in [-0.25, -0.2) is 0 Å². The third-order valence-corrected chi connectivity index (χ3v) is 3.08. The molecule has 1 aromatic carbocycles. The fourth-order valence-electron chi connectivity index (χ4n) is 2.02. The number of carbonyl (C=O) groups excluding carboxylic acids is 2. The quantitative estimate of drug-likeness (QED) is 0.824. The monoisotopic (exact) mass is 299 g/mol. The SMILES string of the molecule is O=C1CCCC(O)=C1C(=O)Nc1ccc(C(F)(F)F)cc1. The van der Waals surface area contributed by atoms with Gasteiger partial charge in [0.1, 0.15) is 11.3 Å². The molecule has 1 amide bonds. The molecule has 21 heavy (non-hydrogen) atoms. The predicted molar refractivity (Wildman–Crippen MR) is 68.6 cm³/mol. The molecule has 2 N–H and O–H groups in total. The van der Waals surface area contributed by atoms with E-state index in [1.54, 1.807) is 0 Å². The van der Waals surface area contributed by atoms with E-state index in [9.17, 15) is 27.9 Å². The number of rotatable bonds is 2. The maximum absolute atomic E-state index is 12.4. The minimum absolute atomic E-state index is 0.117.